The number of hydrogen-bond acceptors (Lipinski definition) is 7. The lowest BCUT2D eigenvalue weighted by Gasteiger charge is -2.15. The molecule has 0 N–H and O–H groups in total. The number of aryl methyl sites for hydroxylation is 1. The maximum atomic E-state index is 13.4. The average Bonchev–Trinajstić information content (AvgIpc) is 2.93. The van der Waals surface area contributed by atoms with E-state index in [-0.39, 0.29) is 22.9 Å². The Hall–Kier alpha value is -3.28. The van der Waals surface area contributed by atoms with Gasteiger partial charge in [-0.25, -0.2) is 4.98 Å². The van der Waals surface area contributed by atoms with Gasteiger partial charge in [-0.3, -0.25) is 14.9 Å². The van der Waals surface area contributed by atoms with Crippen molar-refractivity contribution in [2.45, 2.75) is 32.8 Å². The van der Waals surface area contributed by atoms with Crippen LogP contribution in [0.1, 0.15) is 36.7 Å². The number of nitrogens with zero attached hydrogens (tertiary/aromatic N) is 4. The highest BCUT2D eigenvalue weighted by molar-refractivity contribution is 9.10. The predicted octanol–water partition coefficient (Wildman–Crippen LogP) is 7.30. The third-order valence-corrected chi connectivity index (χ3v) is 7.78. The fourth-order valence-electron chi connectivity index (χ4n) is 3.78. The van der Waals surface area contributed by atoms with Gasteiger partial charge in [-0.15, -0.1) is 0 Å². The van der Waals surface area contributed by atoms with E-state index in [9.17, 15) is 14.9 Å². The molecule has 9 nitrogen and oxygen atoms in total. The van der Waals surface area contributed by atoms with Gasteiger partial charge in [0.1, 0.15) is 17.5 Å². The molecular formula is C27H23Br2ClN4O5. The average molecular weight is 679 g/mol. The molecule has 0 saturated heterocycles. The van der Waals surface area contributed by atoms with Crippen LogP contribution in [-0.4, -0.2) is 27.9 Å². The summed E-state index contributed by atoms with van der Waals surface area (Å²) in [5, 5.41) is 16.1. The summed E-state index contributed by atoms with van der Waals surface area (Å²) in [5.41, 5.74) is 1.60. The number of non-ortho nitro benzene ring substituents is 1. The third-order valence-electron chi connectivity index (χ3n) is 5.85. The van der Waals surface area contributed by atoms with E-state index in [1.54, 1.807) is 30.3 Å². The number of nitro benzene ring substituents is 1. The quantitative estimate of drug-likeness (QED) is 0.0990. The van der Waals surface area contributed by atoms with E-state index in [1.807, 2.05) is 6.07 Å². The van der Waals surface area contributed by atoms with Crippen molar-refractivity contribution in [3.63, 3.8) is 0 Å². The number of aromatic nitrogens is 2. The van der Waals surface area contributed by atoms with E-state index >= 15 is 0 Å². The highest BCUT2D eigenvalue weighted by Crippen LogP contribution is 2.42. The smallest absolute Gasteiger partial charge is 0.282 e. The number of hydrogen-bond donors (Lipinski definition) is 0. The molecule has 39 heavy (non-hydrogen) atoms. The van der Waals surface area contributed by atoms with Gasteiger partial charge in [0, 0.05) is 33.1 Å². The summed E-state index contributed by atoms with van der Waals surface area (Å²) < 4.78 is 14.0. The molecule has 1 heterocycles. The van der Waals surface area contributed by atoms with Crippen LogP contribution in [-0.2, 0) is 13.0 Å². The lowest BCUT2D eigenvalue weighted by atomic mass is 10.2. The predicted molar refractivity (Wildman–Crippen MR) is 158 cm³/mol. The number of ether oxygens (including phenoxy) is 2. The van der Waals surface area contributed by atoms with E-state index in [2.05, 4.69) is 43.9 Å². The first-order chi connectivity index (χ1) is 18.7. The lowest BCUT2D eigenvalue weighted by Crippen LogP contribution is -2.22. The molecule has 0 fully saturated rings. The molecule has 0 aliphatic carbocycles. The van der Waals surface area contributed by atoms with Crippen molar-refractivity contribution in [1.29, 1.82) is 0 Å². The molecule has 3 aromatic carbocycles. The van der Waals surface area contributed by atoms with Crippen LogP contribution in [0.2, 0.25) is 5.02 Å². The maximum Gasteiger partial charge on any atom is 0.282 e. The number of benzene rings is 3. The van der Waals surface area contributed by atoms with Gasteiger partial charge in [0.2, 0.25) is 0 Å². The Kier molecular flexibility index (Phi) is 9.36. The van der Waals surface area contributed by atoms with Gasteiger partial charge >= 0.3 is 0 Å². The normalized spacial score (nSPS) is 11.3. The Balaban J connectivity index is 1.68. The number of methoxy groups -OCH3 is 1. The van der Waals surface area contributed by atoms with Crippen molar-refractivity contribution < 1.29 is 14.4 Å². The first-order valence-corrected chi connectivity index (χ1v) is 13.9. The minimum Gasteiger partial charge on any atom is -0.493 e. The van der Waals surface area contributed by atoms with Crippen LogP contribution >= 0.6 is 43.5 Å². The van der Waals surface area contributed by atoms with E-state index in [1.165, 1.54) is 30.1 Å². The van der Waals surface area contributed by atoms with Gasteiger partial charge in [-0.1, -0.05) is 40.9 Å². The van der Waals surface area contributed by atoms with Crippen molar-refractivity contribution in [3.8, 4) is 11.5 Å². The molecule has 0 aliphatic rings. The largest absolute Gasteiger partial charge is 0.493 e. The Morgan fingerprint density at radius 1 is 1.18 bits per heavy atom. The molecule has 1 aromatic heterocycles. The first kappa shape index (κ1) is 28.7. The van der Waals surface area contributed by atoms with Crippen molar-refractivity contribution >= 4 is 66.3 Å². The van der Waals surface area contributed by atoms with Crippen molar-refractivity contribution in [2.75, 3.05) is 7.11 Å². The number of fused-ring (bicyclic) bond motifs is 1. The number of rotatable bonds is 10. The molecule has 0 atom stereocenters. The monoisotopic (exact) mass is 676 g/mol. The van der Waals surface area contributed by atoms with Gasteiger partial charge in [-0.05, 0) is 64.3 Å². The van der Waals surface area contributed by atoms with Gasteiger partial charge in [0.15, 0.2) is 11.5 Å². The van der Waals surface area contributed by atoms with E-state index in [4.69, 9.17) is 26.1 Å². The minimum absolute atomic E-state index is 0.00745. The molecule has 4 aromatic rings. The SMILES string of the molecule is CCCCc1nc2ccc(Br)cc2c(=O)n1N=Cc1cc(OC)c(OCc2ccc([N+](=O)[O-])cc2)c(Cl)c1Br. The lowest BCUT2D eigenvalue weighted by molar-refractivity contribution is -0.384. The second-order valence-electron chi connectivity index (χ2n) is 8.49. The van der Waals surface area contributed by atoms with E-state index in [0.29, 0.717) is 44.7 Å². The zero-order chi connectivity index (χ0) is 28.1. The topological polar surface area (TPSA) is 109 Å². The molecule has 0 spiro atoms. The van der Waals surface area contributed by atoms with Crippen molar-refractivity contribution in [3.05, 3.63) is 99.9 Å². The maximum absolute atomic E-state index is 13.4. The van der Waals surface area contributed by atoms with E-state index in [0.717, 1.165) is 22.9 Å². The van der Waals surface area contributed by atoms with Gasteiger partial charge < -0.3 is 9.47 Å². The molecule has 202 valence electrons. The molecule has 0 amide bonds. The van der Waals surface area contributed by atoms with Gasteiger partial charge in [0.05, 0.1) is 29.2 Å². The molecule has 0 saturated carbocycles. The Morgan fingerprint density at radius 2 is 1.92 bits per heavy atom. The fourth-order valence-corrected chi connectivity index (χ4v) is 4.80. The molecule has 0 bridgehead atoms. The summed E-state index contributed by atoms with van der Waals surface area (Å²) in [6, 6.07) is 13.1. The fraction of sp³-hybridized carbons (Fsp3) is 0.222. The summed E-state index contributed by atoms with van der Waals surface area (Å²) in [4.78, 5) is 28.5. The second-order valence-corrected chi connectivity index (χ2v) is 10.6. The first-order valence-electron chi connectivity index (χ1n) is 11.9. The van der Waals surface area contributed by atoms with Crippen LogP contribution in [0.15, 0.2) is 67.4 Å². The summed E-state index contributed by atoms with van der Waals surface area (Å²) in [5.74, 6) is 1.20. The summed E-state index contributed by atoms with van der Waals surface area (Å²) in [6.07, 6.45) is 3.91. The van der Waals surface area contributed by atoms with E-state index < -0.39 is 4.92 Å². The molecule has 4 rings (SSSR count). The molecule has 0 aliphatic heterocycles. The summed E-state index contributed by atoms with van der Waals surface area (Å²) in [7, 11) is 1.48. The van der Waals surface area contributed by atoms with Crippen LogP contribution < -0.4 is 15.0 Å². The van der Waals surface area contributed by atoms with Gasteiger partial charge in [-0.2, -0.15) is 9.78 Å². The van der Waals surface area contributed by atoms with Crippen LogP contribution in [0.4, 0.5) is 5.69 Å². The standard InChI is InChI=1S/C27H23Br2ClN4O5/c1-3-4-5-23-32-21-11-8-18(28)13-20(21)27(35)33(23)31-14-17-12-22(38-2)26(25(30)24(17)29)39-15-16-6-9-19(10-7-16)34(36)37/h6-14H,3-5,15H2,1-2H3. The van der Waals surface area contributed by atoms with Crippen molar-refractivity contribution in [2.24, 2.45) is 5.10 Å². The Labute approximate surface area is 245 Å². The highest BCUT2D eigenvalue weighted by Gasteiger charge is 2.18. The summed E-state index contributed by atoms with van der Waals surface area (Å²) in [6.45, 7) is 2.18. The van der Waals surface area contributed by atoms with Crippen LogP contribution in [0.3, 0.4) is 0 Å². The minimum atomic E-state index is -0.463. The van der Waals surface area contributed by atoms with Crippen LogP contribution in [0, 0.1) is 10.1 Å². The molecule has 0 radical (unpaired) electrons. The molecule has 12 heteroatoms. The van der Waals surface area contributed by atoms with Gasteiger partial charge in [0.25, 0.3) is 11.2 Å². The number of nitro groups is 1. The zero-order valence-electron chi connectivity index (χ0n) is 21.0. The Bertz CT molecular complexity index is 1620. The number of unbranched alkanes of at least 4 members (excludes halogenated alkanes) is 1. The third kappa shape index (κ3) is 6.48. The second kappa shape index (κ2) is 12.7. The Morgan fingerprint density at radius 3 is 2.59 bits per heavy atom. The van der Waals surface area contributed by atoms with Crippen LogP contribution in [0.5, 0.6) is 11.5 Å². The van der Waals surface area contributed by atoms with Crippen molar-refractivity contribution in [1.82, 2.24) is 9.66 Å². The summed E-state index contributed by atoms with van der Waals surface area (Å²) >= 11 is 13.6. The van der Waals surface area contributed by atoms with Crippen LogP contribution in [0.25, 0.3) is 10.9 Å². The molecular weight excluding hydrogens is 656 g/mol. The highest BCUT2D eigenvalue weighted by atomic mass is 79.9. The molecule has 0 unspecified atom stereocenters. The zero-order valence-corrected chi connectivity index (χ0v) is 24.9. The number of halogens is 3.